The van der Waals surface area contributed by atoms with Gasteiger partial charge in [0.2, 0.25) is 11.7 Å². The average molecular weight is 638 g/mol. The summed E-state index contributed by atoms with van der Waals surface area (Å²) in [5, 5.41) is 5.42. The largest absolute Gasteiger partial charge is 0.417 e. The Hall–Kier alpha value is -4.88. The molecule has 0 unspecified atom stereocenters. The third-order valence-electron chi connectivity index (χ3n) is 7.95. The normalized spacial score (nSPS) is 14.5. The zero-order chi connectivity index (χ0) is 32.6. The van der Waals surface area contributed by atoms with Gasteiger partial charge < -0.3 is 24.3 Å². The number of aromatic nitrogens is 3. The second kappa shape index (κ2) is 12.5. The van der Waals surface area contributed by atoms with Gasteiger partial charge in [0.05, 0.1) is 34.1 Å². The minimum absolute atomic E-state index is 0.0279. The van der Waals surface area contributed by atoms with Crippen LogP contribution in [0.5, 0.6) is 0 Å². The zero-order valence-corrected chi connectivity index (χ0v) is 24.5. The van der Waals surface area contributed by atoms with Gasteiger partial charge in [-0.1, -0.05) is 12.1 Å². The molecule has 1 aliphatic rings. The Kier molecular flexibility index (Phi) is 8.45. The average Bonchev–Trinajstić information content (AvgIpc) is 3.63. The topological polar surface area (TPSA) is 89.7 Å². The first kappa shape index (κ1) is 31.1. The molecule has 0 aliphatic carbocycles. The molecule has 13 heteroatoms. The van der Waals surface area contributed by atoms with E-state index in [1.54, 1.807) is 7.05 Å². The van der Waals surface area contributed by atoms with Gasteiger partial charge in [0.1, 0.15) is 17.3 Å². The summed E-state index contributed by atoms with van der Waals surface area (Å²) >= 11 is 0. The van der Waals surface area contributed by atoms with Crippen LogP contribution in [-0.4, -0.2) is 51.4 Å². The lowest BCUT2D eigenvalue weighted by molar-refractivity contribution is -0.137. The fourth-order valence-electron chi connectivity index (χ4n) is 5.62. The molecule has 238 valence electrons. The Balaban J connectivity index is 1.25. The third kappa shape index (κ3) is 6.15. The summed E-state index contributed by atoms with van der Waals surface area (Å²) in [4.78, 5) is 29.9. The molecule has 46 heavy (non-hydrogen) atoms. The van der Waals surface area contributed by atoms with Crippen LogP contribution in [0, 0.1) is 11.6 Å². The first-order chi connectivity index (χ1) is 22.0. The Labute approximate surface area is 259 Å². The molecule has 0 saturated carbocycles. The van der Waals surface area contributed by atoms with Crippen molar-refractivity contribution in [3.63, 3.8) is 0 Å². The van der Waals surface area contributed by atoms with E-state index in [9.17, 15) is 22.8 Å². The van der Waals surface area contributed by atoms with Crippen LogP contribution in [0.3, 0.4) is 0 Å². The van der Waals surface area contributed by atoms with E-state index < -0.39 is 40.8 Å². The fraction of sp³-hybridized carbons (Fsp3) is 0.242. The first-order valence-electron chi connectivity index (χ1n) is 14.5. The lowest BCUT2D eigenvalue weighted by Gasteiger charge is -2.22. The molecule has 0 bridgehead atoms. The lowest BCUT2D eigenvalue weighted by Crippen LogP contribution is -2.34. The van der Waals surface area contributed by atoms with Gasteiger partial charge in [-0.15, -0.1) is 0 Å². The van der Waals surface area contributed by atoms with Crippen LogP contribution >= 0.6 is 0 Å². The number of carbonyl (C=O) groups is 2. The predicted molar refractivity (Wildman–Crippen MR) is 162 cm³/mol. The van der Waals surface area contributed by atoms with Crippen LogP contribution in [0.2, 0.25) is 0 Å². The van der Waals surface area contributed by atoms with Crippen LogP contribution in [0.1, 0.15) is 34.5 Å². The number of ketones is 1. The molecule has 3 aromatic heterocycles. The van der Waals surface area contributed by atoms with Crippen molar-refractivity contribution in [1.29, 1.82) is 0 Å². The standard InChI is InChI=1S/C33H28F5N5O3/c1-42-18-40-26-16-22(23(17-29(26)42)33(36,37)38)21-4-3-11-43-27(21)6-7-28(43)32(45)19-14-24(34)31(25(35)15-19)41-30(44)5-2-10-39-20-8-12-46-13-9-20/h2-7,11,14-18,20,39H,8-10,12-13H2,1H3,(H,41,44)/b5-2+. The molecule has 5 aromatic rings. The van der Waals surface area contributed by atoms with E-state index in [0.29, 0.717) is 30.8 Å². The highest BCUT2D eigenvalue weighted by atomic mass is 19.4. The molecule has 1 aliphatic heterocycles. The summed E-state index contributed by atoms with van der Waals surface area (Å²) < 4.78 is 80.7. The fourth-order valence-corrected chi connectivity index (χ4v) is 5.62. The number of rotatable bonds is 8. The van der Waals surface area contributed by atoms with Gasteiger partial charge in [0.15, 0.2) is 0 Å². The van der Waals surface area contributed by atoms with E-state index >= 15 is 8.78 Å². The van der Waals surface area contributed by atoms with Crippen molar-refractivity contribution in [2.45, 2.75) is 25.1 Å². The Morgan fingerprint density at radius 2 is 1.76 bits per heavy atom. The van der Waals surface area contributed by atoms with Gasteiger partial charge in [0.25, 0.3) is 0 Å². The van der Waals surface area contributed by atoms with E-state index in [4.69, 9.17) is 4.74 Å². The van der Waals surface area contributed by atoms with E-state index in [1.165, 1.54) is 57.9 Å². The number of amides is 1. The van der Waals surface area contributed by atoms with Gasteiger partial charge in [0, 0.05) is 56.2 Å². The molecule has 1 fully saturated rings. The molecule has 1 saturated heterocycles. The zero-order valence-electron chi connectivity index (χ0n) is 24.5. The molecule has 2 N–H and O–H groups in total. The summed E-state index contributed by atoms with van der Waals surface area (Å²) in [6, 6.07) is 10.1. The van der Waals surface area contributed by atoms with E-state index in [2.05, 4.69) is 15.6 Å². The molecule has 1 amide bonds. The van der Waals surface area contributed by atoms with Crippen molar-refractivity contribution in [3.8, 4) is 11.1 Å². The van der Waals surface area contributed by atoms with Crippen molar-refractivity contribution in [1.82, 2.24) is 19.3 Å². The van der Waals surface area contributed by atoms with Gasteiger partial charge in [-0.25, -0.2) is 13.8 Å². The monoisotopic (exact) mass is 637 g/mol. The number of hydrogen-bond acceptors (Lipinski definition) is 5. The molecule has 0 spiro atoms. The van der Waals surface area contributed by atoms with Crippen LogP contribution in [-0.2, 0) is 22.8 Å². The number of hydrogen-bond donors (Lipinski definition) is 2. The van der Waals surface area contributed by atoms with Gasteiger partial charge in [-0.05, 0) is 60.9 Å². The number of anilines is 1. The van der Waals surface area contributed by atoms with Crippen molar-refractivity contribution in [2.24, 2.45) is 7.05 Å². The number of fused-ring (bicyclic) bond motifs is 2. The molecule has 0 radical (unpaired) electrons. The van der Waals surface area contributed by atoms with Crippen LogP contribution in [0.25, 0.3) is 27.7 Å². The van der Waals surface area contributed by atoms with E-state index in [0.717, 1.165) is 37.1 Å². The minimum Gasteiger partial charge on any atom is -0.381 e. The highest BCUT2D eigenvalue weighted by Gasteiger charge is 2.35. The highest BCUT2D eigenvalue weighted by Crippen LogP contribution is 2.41. The van der Waals surface area contributed by atoms with Crippen molar-refractivity contribution >= 4 is 33.9 Å². The summed E-state index contributed by atoms with van der Waals surface area (Å²) in [5.41, 5.74) is -0.976. The summed E-state index contributed by atoms with van der Waals surface area (Å²) in [6.07, 6.45) is 2.60. The maximum atomic E-state index is 15.0. The van der Waals surface area contributed by atoms with E-state index in [1.807, 2.05) is 0 Å². The number of ether oxygens (including phenoxy) is 1. The van der Waals surface area contributed by atoms with Crippen molar-refractivity contribution in [3.05, 3.63) is 102 Å². The molecule has 2 aromatic carbocycles. The van der Waals surface area contributed by atoms with E-state index in [-0.39, 0.29) is 33.9 Å². The number of alkyl halides is 3. The first-order valence-corrected chi connectivity index (χ1v) is 14.5. The molecule has 8 nitrogen and oxygen atoms in total. The highest BCUT2D eigenvalue weighted by molar-refractivity contribution is 6.09. The second-order valence-corrected chi connectivity index (χ2v) is 11.0. The molecule has 6 rings (SSSR count). The smallest absolute Gasteiger partial charge is 0.381 e. The number of nitrogens with zero attached hydrogens (tertiary/aromatic N) is 3. The number of carbonyl (C=O) groups excluding carboxylic acids is 2. The predicted octanol–water partition coefficient (Wildman–Crippen LogP) is 6.28. The number of imidazole rings is 1. The maximum Gasteiger partial charge on any atom is 0.417 e. The minimum atomic E-state index is -4.68. The van der Waals surface area contributed by atoms with Gasteiger partial charge in [-0.2, -0.15) is 13.2 Å². The number of pyridine rings is 1. The Bertz CT molecular complexity index is 1970. The van der Waals surface area contributed by atoms with Gasteiger partial charge in [-0.3, -0.25) is 9.59 Å². The Morgan fingerprint density at radius 3 is 2.48 bits per heavy atom. The third-order valence-corrected chi connectivity index (χ3v) is 7.95. The number of benzene rings is 2. The number of aryl methyl sites for hydroxylation is 1. The molecular weight excluding hydrogens is 609 g/mol. The molecular formula is C33H28F5N5O3. The molecule has 0 atom stereocenters. The van der Waals surface area contributed by atoms with Crippen LogP contribution in [0.15, 0.2) is 73.2 Å². The maximum absolute atomic E-state index is 15.0. The van der Waals surface area contributed by atoms with Crippen molar-refractivity contribution in [2.75, 3.05) is 25.1 Å². The quantitative estimate of drug-likeness (QED) is 0.119. The lowest BCUT2D eigenvalue weighted by atomic mass is 9.98. The SMILES string of the molecule is Cn1cnc2cc(-c3cccn4c(C(=O)c5cc(F)c(NC(=O)/C=C/CNC6CCOCC6)c(F)c5)ccc34)c(C(F)(F)F)cc21. The summed E-state index contributed by atoms with van der Waals surface area (Å²) in [7, 11) is 1.60. The number of nitrogens with one attached hydrogen (secondary N) is 2. The molecule has 4 heterocycles. The summed E-state index contributed by atoms with van der Waals surface area (Å²) in [6.45, 7) is 1.71. The second-order valence-electron chi connectivity index (χ2n) is 11.0. The van der Waals surface area contributed by atoms with Crippen LogP contribution in [0.4, 0.5) is 27.6 Å². The van der Waals surface area contributed by atoms with Crippen molar-refractivity contribution < 1.29 is 36.3 Å². The number of halogens is 5. The summed E-state index contributed by atoms with van der Waals surface area (Å²) in [5.74, 6) is -3.85. The Morgan fingerprint density at radius 1 is 1.02 bits per heavy atom. The van der Waals surface area contributed by atoms with Gasteiger partial charge >= 0.3 is 6.18 Å². The van der Waals surface area contributed by atoms with Crippen LogP contribution < -0.4 is 10.6 Å².